The van der Waals surface area contributed by atoms with Crippen LogP contribution in [0.5, 0.6) is 5.75 Å². The van der Waals surface area contributed by atoms with Gasteiger partial charge in [0, 0.05) is 5.69 Å². The monoisotopic (exact) mass is 420 g/mol. The Morgan fingerprint density at radius 3 is 2.23 bits per heavy atom. The highest BCUT2D eigenvalue weighted by Gasteiger charge is 2.19. The first kappa shape index (κ1) is 22.0. The lowest BCUT2D eigenvalue weighted by molar-refractivity contribution is -0.124. The third-order valence-corrected chi connectivity index (χ3v) is 4.73. The first-order chi connectivity index (χ1) is 14.9. The van der Waals surface area contributed by atoms with Crippen molar-refractivity contribution in [3.63, 3.8) is 0 Å². The lowest BCUT2D eigenvalue weighted by Gasteiger charge is -2.23. The molecule has 1 unspecified atom stereocenters. The molecule has 0 aliphatic heterocycles. The zero-order valence-corrected chi connectivity index (χ0v) is 17.5. The van der Waals surface area contributed by atoms with Crippen molar-refractivity contribution in [2.75, 3.05) is 11.9 Å². The maximum Gasteiger partial charge on any atom is 0.259 e. The minimum absolute atomic E-state index is 0.0957. The molecular formula is C25H25FN2O3. The number of amides is 2. The molecule has 6 heteroatoms. The molecule has 3 aromatic rings. The zero-order valence-electron chi connectivity index (χ0n) is 17.5. The van der Waals surface area contributed by atoms with E-state index in [4.69, 9.17) is 4.74 Å². The minimum Gasteiger partial charge on any atom is -0.483 e. The van der Waals surface area contributed by atoms with Crippen molar-refractivity contribution in [1.29, 1.82) is 0 Å². The molecule has 2 N–H and O–H groups in total. The molecule has 2 amide bonds. The van der Waals surface area contributed by atoms with Gasteiger partial charge >= 0.3 is 0 Å². The van der Waals surface area contributed by atoms with Crippen molar-refractivity contribution in [3.8, 4) is 5.75 Å². The summed E-state index contributed by atoms with van der Waals surface area (Å²) in [7, 11) is 0. The Balaban J connectivity index is 1.64. The van der Waals surface area contributed by atoms with E-state index in [1.807, 2.05) is 32.0 Å². The van der Waals surface area contributed by atoms with Crippen molar-refractivity contribution in [3.05, 3.63) is 95.8 Å². The van der Waals surface area contributed by atoms with Gasteiger partial charge in [0.1, 0.15) is 11.6 Å². The molecular weight excluding hydrogens is 395 g/mol. The Kier molecular flexibility index (Phi) is 7.38. The SMILES string of the molecule is CC(C)C(NC(=O)COc1ccccc1C(=O)Nc1ccccc1)c1ccc(F)cc1. The van der Waals surface area contributed by atoms with E-state index in [0.717, 1.165) is 5.56 Å². The number of benzene rings is 3. The number of carbonyl (C=O) groups is 2. The van der Waals surface area contributed by atoms with Crippen LogP contribution < -0.4 is 15.4 Å². The molecule has 0 spiro atoms. The molecule has 3 aromatic carbocycles. The lowest BCUT2D eigenvalue weighted by atomic mass is 9.96. The second-order valence-corrected chi connectivity index (χ2v) is 7.45. The van der Waals surface area contributed by atoms with Gasteiger partial charge in [0.15, 0.2) is 6.61 Å². The molecule has 1 atom stereocenters. The van der Waals surface area contributed by atoms with Gasteiger partial charge in [-0.3, -0.25) is 9.59 Å². The van der Waals surface area contributed by atoms with Gasteiger partial charge in [0.05, 0.1) is 11.6 Å². The number of nitrogens with one attached hydrogen (secondary N) is 2. The summed E-state index contributed by atoms with van der Waals surface area (Å²) >= 11 is 0. The van der Waals surface area contributed by atoms with Crippen LogP contribution in [0, 0.1) is 11.7 Å². The molecule has 160 valence electrons. The Labute approximate surface area is 181 Å². The number of para-hydroxylation sites is 2. The molecule has 31 heavy (non-hydrogen) atoms. The van der Waals surface area contributed by atoms with Crippen LogP contribution in [0.15, 0.2) is 78.9 Å². The molecule has 3 rings (SSSR count). The molecule has 0 aromatic heterocycles. The fourth-order valence-corrected chi connectivity index (χ4v) is 3.16. The van der Waals surface area contributed by atoms with E-state index in [0.29, 0.717) is 17.0 Å². The van der Waals surface area contributed by atoms with E-state index in [1.54, 1.807) is 48.5 Å². The molecule has 0 aliphatic carbocycles. The molecule has 5 nitrogen and oxygen atoms in total. The summed E-state index contributed by atoms with van der Waals surface area (Å²) in [5, 5.41) is 5.73. The van der Waals surface area contributed by atoms with Gasteiger partial charge in [0.25, 0.3) is 11.8 Å². The number of rotatable bonds is 8. The van der Waals surface area contributed by atoms with Crippen LogP contribution in [0.3, 0.4) is 0 Å². The second kappa shape index (κ2) is 10.4. The minimum atomic E-state index is -0.332. The van der Waals surface area contributed by atoms with Crippen LogP contribution in [0.25, 0.3) is 0 Å². The van der Waals surface area contributed by atoms with Gasteiger partial charge in [-0.05, 0) is 47.9 Å². The lowest BCUT2D eigenvalue weighted by Crippen LogP contribution is -2.35. The van der Waals surface area contributed by atoms with Gasteiger partial charge in [0.2, 0.25) is 0 Å². The third-order valence-electron chi connectivity index (χ3n) is 4.73. The van der Waals surface area contributed by atoms with Crippen molar-refractivity contribution in [2.45, 2.75) is 19.9 Å². The summed E-state index contributed by atoms with van der Waals surface area (Å²) < 4.78 is 18.9. The second-order valence-electron chi connectivity index (χ2n) is 7.45. The zero-order chi connectivity index (χ0) is 22.2. The first-order valence-electron chi connectivity index (χ1n) is 10.1. The smallest absolute Gasteiger partial charge is 0.259 e. The molecule has 0 fully saturated rings. The van der Waals surface area contributed by atoms with Crippen LogP contribution in [0.2, 0.25) is 0 Å². The van der Waals surface area contributed by atoms with Crippen molar-refractivity contribution in [2.24, 2.45) is 5.92 Å². The summed E-state index contributed by atoms with van der Waals surface area (Å²) in [4.78, 5) is 25.2. The fraction of sp³-hybridized carbons (Fsp3) is 0.200. The van der Waals surface area contributed by atoms with E-state index in [9.17, 15) is 14.0 Å². The van der Waals surface area contributed by atoms with E-state index in [2.05, 4.69) is 10.6 Å². The summed E-state index contributed by atoms with van der Waals surface area (Å²) in [5.41, 5.74) is 1.81. The van der Waals surface area contributed by atoms with Crippen molar-refractivity contribution < 1.29 is 18.7 Å². The van der Waals surface area contributed by atoms with E-state index in [-0.39, 0.29) is 36.2 Å². The molecule has 0 saturated heterocycles. The normalized spacial score (nSPS) is 11.6. The van der Waals surface area contributed by atoms with Gasteiger partial charge in [-0.25, -0.2) is 4.39 Å². The Hall–Kier alpha value is -3.67. The average Bonchev–Trinajstić information content (AvgIpc) is 2.77. The van der Waals surface area contributed by atoms with Gasteiger partial charge in [-0.2, -0.15) is 0 Å². The number of hydrogen-bond acceptors (Lipinski definition) is 3. The number of ether oxygens (including phenoxy) is 1. The highest BCUT2D eigenvalue weighted by Crippen LogP contribution is 2.23. The average molecular weight is 420 g/mol. The molecule has 0 radical (unpaired) electrons. The van der Waals surface area contributed by atoms with E-state index >= 15 is 0 Å². The fourth-order valence-electron chi connectivity index (χ4n) is 3.16. The van der Waals surface area contributed by atoms with Crippen LogP contribution >= 0.6 is 0 Å². The summed E-state index contributed by atoms with van der Waals surface area (Å²) in [6, 6.07) is 21.6. The molecule has 0 heterocycles. The summed E-state index contributed by atoms with van der Waals surface area (Å²) in [6.45, 7) is 3.69. The van der Waals surface area contributed by atoms with Crippen LogP contribution in [0.4, 0.5) is 10.1 Å². The maximum absolute atomic E-state index is 13.2. The van der Waals surface area contributed by atoms with Crippen LogP contribution in [-0.2, 0) is 4.79 Å². The van der Waals surface area contributed by atoms with E-state index in [1.165, 1.54) is 12.1 Å². The van der Waals surface area contributed by atoms with Gasteiger partial charge < -0.3 is 15.4 Å². The number of halogens is 1. The third kappa shape index (κ3) is 6.15. The predicted molar refractivity (Wildman–Crippen MR) is 118 cm³/mol. The van der Waals surface area contributed by atoms with Gasteiger partial charge in [-0.15, -0.1) is 0 Å². The summed E-state index contributed by atoms with van der Waals surface area (Å²) in [5.74, 6) is -0.575. The maximum atomic E-state index is 13.2. The Morgan fingerprint density at radius 2 is 1.55 bits per heavy atom. The standard InChI is InChI=1S/C25H25FN2O3/c1-17(2)24(18-12-14-19(26)15-13-18)28-23(29)16-31-22-11-7-6-10-21(22)25(30)27-20-8-4-3-5-9-20/h3-15,17,24H,16H2,1-2H3,(H,27,30)(H,28,29). The van der Waals surface area contributed by atoms with Crippen molar-refractivity contribution >= 4 is 17.5 Å². The highest BCUT2D eigenvalue weighted by atomic mass is 19.1. The van der Waals surface area contributed by atoms with Crippen LogP contribution in [-0.4, -0.2) is 18.4 Å². The van der Waals surface area contributed by atoms with Crippen molar-refractivity contribution in [1.82, 2.24) is 5.32 Å². The highest BCUT2D eigenvalue weighted by molar-refractivity contribution is 6.06. The topological polar surface area (TPSA) is 67.4 Å². The number of hydrogen-bond donors (Lipinski definition) is 2. The van der Waals surface area contributed by atoms with Crippen LogP contribution in [0.1, 0.15) is 35.8 Å². The Bertz CT molecular complexity index is 1020. The molecule has 0 saturated carbocycles. The number of carbonyl (C=O) groups excluding carboxylic acids is 2. The molecule has 0 aliphatic rings. The first-order valence-corrected chi connectivity index (χ1v) is 10.1. The Morgan fingerprint density at radius 1 is 0.903 bits per heavy atom. The quantitative estimate of drug-likeness (QED) is 0.541. The predicted octanol–water partition coefficient (Wildman–Crippen LogP) is 4.97. The molecule has 0 bridgehead atoms. The largest absolute Gasteiger partial charge is 0.483 e. The number of anilines is 1. The summed E-state index contributed by atoms with van der Waals surface area (Å²) in [6.07, 6.45) is 0. The van der Waals surface area contributed by atoms with Gasteiger partial charge in [-0.1, -0.05) is 56.3 Å². The van der Waals surface area contributed by atoms with E-state index < -0.39 is 0 Å².